The molecule has 1 unspecified atom stereocenters. The van der Waals surface area contributed by atoms with Crippen molar-refractivity contribution < 1.29 is 0 Å². The molecule has 1 aliphatic rings. The number of hydrogen-bond acceptors (Lipinski definition) is 3. The molecule has 0 radical (unpaired) electrons. The molecule has 0 saturated carbocycles. The van der Waals surface area contributed by atoms with Crippen LogP contribution in [0, 0.1) is 0 Å². The van der Waals surface area contributed by atoms with E-state index in [1.165, 1.54) is 11.3 Å². The summed E-state index contributed by atoms with van der Waals surface area (Å²) in [6.45, 7) is 3.99. The van der Waals surface area contributed by atoms with Crippen molar-refractivity contribution in [1.82, 2.24) is 10.3 Å². The first-order chi connectivity index (χ1) is 9.78. The second-order valence-corrected chi connectivity index (χ2v) is 5.46. The highest BCUT2D eigenvalue weighted by Gasteiger charge is 2.25. The first-order valence-corrected chi connectivity index (χ1v) is 7.22. The third kappa shape index (κ3) is 2.54. The summed E-state index contributed by atoms with van der Waals surface area (Å²) in [6.07, 6.45) is 1.13. The standard InChI is InChI=1S/C17H21N3/c1-13-10-14-6-3-4-9-17(14)20(13)12-16-8-5-7-15(19-16)11-18-2/h3-9,13,18H,10-12H2,1-2H3. The first kappa shape index (κ1) is 13.1. The van der Waals surface area contributed by atoms with Gasteiger partial charge in [-0.3, -0.25) is 4.98 Å². The zero-order chi connectivity index (χ0) is 13.9. The summed E-state index contributed by atoms with van der Waals surface area (Å²) in [4.78, 5) is 7.19. The first-order valence-electron chi connectivity index (χ1n) is 7.22. The molecule has 0 amide bonds. The molecule has 20 heavy (non-hydrogen) atoms. The van der Waals surface area contributed by atoms with Crippen molar-refractivity contribution in [3.63, 3.8) is 0 Å². The van der Waals surface area contributed by atoms with Crippen LogP contribution in [0.3, 0.4) is 0 Å². The number of anilines is 1. The van der Waals surface area contributed by atoms with Crippen LogP contribution in [0.1, 0.15) is 23.9 Å². The van der Waals surface area contributed by atoms with Crippen LogP contribution in [-0.4, -0.2) is 18.1 Å². The molecule has 0 spiro atoms. The van der Waals surface area contributed by atoms with E-state index in [1.807, 2.05) is 7.05 Å². The van der Waals surface area contributed by atoms with Crippen LogP contribution in [0.25, 0.3) is 0 Å². The lowest BCUT2D eigenvalue weighted by molar-refractivity contribution is 0.661. The fraction of sp³-hybridized carbons (Fsp3) is 0.353. The SMILES string of the molecule is CNCc1cccc(CN2c3ccccc3CC2C)n1. The molecule has 1 aliphatic heterocycles. The fourth-order valence-corrected chi connectivity index (χ4v) is 2.94. The number of aromatic nitrogens is 1. The Morgan fingerprint density at radius 2 is 1.95 bits per heavy atom. The molecule has 1 N–H and O–H groups in total. The predicted molar refractivity (Wildman–Crippen MR) is 82.8 cm³/mol. The molecule has 0 fully saturated rings. The molecule has 3 nitrogen and oxygen atoms in total. The zero-order valence-electron chi connectivity index (χ0n) is 12.1. The Morgan fingerprint density at radius 1 is 1.15 bits per heavy atom. The maximum absolute atomic E-state index is 4.73. The number of pyridine rings is 1. The van der Waals surface area contributed by atoms with Gasteiger partial charge in [0.1, 0.15) is 0 Å². The lowest BCUT2D eigenvalue weighted by Crippen LogP contribution is -2.29. The molecule has 0 saturated heterocycles. The Balaban J connectivity index is 1.82. The van der Waals surface area contributed by atoms with Gasteiger partial charge in [-0.1, -0.05) is 24.3 Å². The van der Waals surface area contributed by atoms with E-state index in [-0.39, 0.29) is 0 Å². The Morgan fingerprint density at radius 3 is 2.80 bits per heavy atom. The number of fused-ring (bicyclic) bond motifs is 1. The largest absolute Gasteiger partial charge is 0.362 e. The van der Waals surface area contributed by atoms with E-state index >= 15 is 0 Å². The number of benzene rings is 1. The van der Waals surface area contributed by atoms with Gasteiger partial charge >= 0.3 is 0 Å². The summed E-state index contributed by atoms with van der Waals surface area (Å²) >= 11 is 0. The second kappa shape index (κ2) is 5.63. The van der Waals surface area contributed by atoms with E-state index in [1.54, 1.807) is 0 Å². The molecule has 0 aliphatic carbocycles. The average molecular weight is 267 g/mol. The number of rotatable bonds is 4. The van der Waals surface area contributed by atoms with E-state index in [2.05, 4.69) is 59.6 Å². The van der Waals surface area contributed by atoms with Crippen molar-refractivity contribution in [2.24, 2.45) is 0 Å². The topological polar surface area (TPSA) is 28.2 Å². The molecule has 1 aromatic heterocycles. The minimum Gasteiger partial charge on any atom is -0.362 e. The third-order valence-electron chi connectivity index (χ3n) is 3.90. The molecule has 3 rings (SSSR count). The zero-order valence-corrected chi connectivity index (χ0v) is 12.1. The van der Waals surface area contributed by atoms with E-state index in [4.69, 9.17) is 4.98 Å². The van der Waals surface area contributed by atoms with Crippen molar-refractivity contribution in [1.29, 1.82) is 0 Å². The van der Waals surface area contributed by atoms with Crippen molar-refractivity contribution in [3.05, 3.63) is 59.4 Å². The van der Waals surface area contributed by atoms with Gasteiger partial charge < -0.3 is 10.2 Å². The van der Waals surface area contributed by atoms with Gasteiger partial charge in [-0.15, -0.1) is 0 Å². The number of para-hydroxylation sites is 1. The molecule has 2 heterocycles. The van der Waals surface area contributed by atoms with Crippen molar-refractivity contribution in [3.8, 4) is 0 Å². The lowest BCUT2D eigenvalue weighted by atomic mass is 10.1. The van der Waals surface area contributed by atoms with E-state index in [9.17, 15) is 0 Å². The second-order valence-electron chi connectivity index (χ2n) is 5.46. The average Bonchev–Trinajstić information content (AvgIpc) is 2.76. The van der Waals surface area contributed by atoms with E-state index in [0.717, 1.165) is 30.9 Å². The minimum absolute atomic E-state index is 0.544. The molecule has 0 bridgehead atoms. The van der Waals surface area contributed by atoms with Gasteiger partial charge in [-0.25, -0.2) is 0 Å². The monoisotopic (exact) mass is 267 g/mol. The molecule has 104 valence electrons. The molecule has 1 aromatic carbocycles. The van der Waals surface area contributed by atoms with Gasteiger partial charge in [0.25, 0.3) is 0 Å². The van der Waals surface area contributed by atoms with Crippen LogP contribution in [0.15, 0.2) is 42.5 Å². The summed E-state index contributed by atoms with van der Waals surface area (Å²) in [5.74, 6) is 0. The highest BCUT2D eigenvalue weighted by molar-refractivity contribution is 5.59. The van der Waals surface area contributed by atoms with E-state index in [0.29, 0.717) is 6.04 Å². The van der Waals surface area contributed by atoms with Gasteiger partial charge in [0.2, 0.25) is 0 Å². The van der Waals surface area contributed by atoms with Gasteiger partial charge in [0, 0.05) is 18.3 Å². The third-order valence-corrected chi connectivity index (χ3v) is 3.90. The Bertz CT molecular complexity index is 594. The molecular formula is C17H21N3. The molecule has 1 atom stereocenters. The van der Waals surface area contributed by atoms with Gasteiger partial charge in [0.05, 0.1) is 17.9 Å². The summed E-state index contributed by atoms with van der Waals surface area (Å²) < 4.78 is 0. The predicted octanol–water partition coefficient (Wildman–Crippen LogP) is 2.75. The summed E-state index contributed by atoms with van der Waals surface area (Å²) in [5.41, 5.74) is 5.05. The quantitative estimate of drug-likeness (QED) is 0.923. The maximum atomic E-state index is 4.73. The highest BCUT2D eigenvalue weighted by atomic mass is 15.2. The van der Waals surface area contributed by atoms with Gasteiger partial charge in [0.15, 0.2) is 0 Å². The molecule has 2 aromatic rings. The van der Waals surface area contributed by atoms with Crippen LogP contribution in [0.2, 0.25) is 0 Å². The lowest BCUT2D eigenvalue weighted by Gasteiger charge is -2.24. The van der Waals surface area contributed by atoms with Gasteiger partial charge in [-0.2, -0.15) is 0 Å². The smallest absolute Gasteiger partial charge is 0.0605 e. The Hall–Kier alpha value is -1.87. The summed E-state index contributed by atoms with van der Waals surface area (Å²) in [5, 5.41) is 3.15. The molecule has 3 heteroatoms. The van der Waals surface area contributed by atoms with Crippen molar-refractivity contribution >= 4 is 5.69 Å². The summed E-state index contributed by atoms with van der Waals surface area (Å²) in [6, 6.07) is 15.5. The summed E-state index contributed by atoms with van der Waals surface area (Å²) in [7, 11) is 1.95. The minimum atomic E-state index is 0.544. The number of nitrogens with zero attached hydrogens (tertiary/aromatic N) is 2. The van der Waals surface area contributed by atoms with Gasteiger partial charge in [-0.05, 0) is 44.2 Å². The Labute approximate surface area is 120 Å². The normalized spacial score (nSPS) is 17.3. The van der Waals surface area contributed by atoms with Crippen molar-refractivity contribution in [2.45, 2.75) is 32.5 Å². The van der Waals surface area contributed by atoms with Crippen LogP contribution < -0.4 is 10.2 Å². The number of hydrogen-bond donors (Lipinski definition) is 1. The van der Waals surface area contributed by atoms with Crippen LogP contribution in [0.5, 0.6) is 0 Å². The highest BCUT2D eigenvalue weighted by Crippen LogP contribution is 2.32. The van der Waals surface area contributed by atoms with E-state index < -0.39 is 0 Å². The molecular weight excluding hydrogens is 246 g/mol. The Kier molecular flexibility index (Phi) is 3.70. The van der Waals surface area contributed by atoms with Crippen LogP contribution >= 0.6 is 0 Å². The fourth-order valence-electron chi connectivity index (χ4n) is 2.94. The van der Waals surface area contributed by atoms with Crippen LogP contribution in [-0.2, 0) is 19.5 Å². The van der Waals surface area contributed by atoms with Crippen LogP contribution in [0.4, 0.5) is 5.69 Å². The van der Waals surface area contributed by atoms with Crippen molar-refractivity contribution in [2.75, 3.05) is 11.9 Å². The number of nitrogens with one attached hydrogen (secondary N) is 1. The maximum Gasteiger partial charge on any atom is 0.0605 e.